The van der Waals surface area contributed by atoms with Gasteiger partial charge >= 0.3 is 0 Å². The number of benzene rings is 1. The third kappa shape index (κ3) is 2.65. The lowest BCUT2D eigenvalue weighted by atomic mass is 10.1. The first-order valence-corrected chi connectivity index (χ1v) is 7.50. The van der Waals surface area contributed by atoms with Crippen molar-refractivity contribution in [1.82, 2.24) is 15.3 Å². The Kier molecular flexibility index (Phi) is 3.80. The Bertz CT molecular complexity index is 544. The van der Waals surface area contributed by atoms with E-state index in [2.05, 4.69) is 46.5 Å². The molecule has 1 N–H and O–H groups in total. The van der Waals surface area contributed by atoms with Crippen LogP contribution in [0.2, 0.25) is 0 Å². The normalized spacial score (nSPS) is 21.3. The molecule has 1 aliphatic carbocycles. The van der Waals surface area contributed by atoms with E-state index in [4.69, 9.17) is 0 Å². The van der Waals surface area contributed by atoms with Crippen molar-refractivity contribution in [3.05, 3.63) is 54.0 Å². The fraction of sp³-hybridized carbons (Fsp3) is 0.333. The highest BCUT2D eigenvalue weighted by Crippen LogP contribution is 2.40. The zero-order valence-electron chi connectivity index (χ0n) is 10.9. The second-order valence-electron chi connectivity index (χ2n) is 4.64. The molecule has 1 aromatic carbocycles. The maximum Gasteiger partial charge on any atom is 0.115 e. The predicted octanol–water partition coefficient (Wildman–Crippen LogP) is 2.84. The van der Waals surface area contributed by atoms with E-state index in [1.807, 2.05) is 18.0 Å². The highest BCUT2D eigenvalue weighted by molar-refractivity contribution is 7.99. The standard InChI is InChI=1S/C15H17N3S/c1-2-17-15-12-6-4-3-5-11(12)9-13(15)19-14-10-16-7-8-18-14/h3-8,10,13,15,17H,2,9H2,1H3. The van der Waals surface area contributed by atoms with Gasteiger partial charge in [-0.3, -0.25) is 4.98 Å². The Morgan fingerprint density at radius 2 is 2.21 bits per heavy atom. The van der Waals surface area contributed by atoms with Gasteiger partial charge in [-0.05, 0) is 24.1 Å². The molecule has 2 unspecified atom stereocenters. The summed E-state index contributed by atoms with van der Waals surface area (Å²) in [4.78, 5) is 8.52. The Labute approximate surface area is 117 Å². The van der Waals surface area contributed by atoms with E-state index in [1.54, 1.807) is 12.4 Å². The lowest BCUT2D eigenvalue weighted by molar-refractivity contribution is 0.560. The van der Waals surface area contributed by atoms with Crippen LogP contribution in [0.5, 0.6) is 0 Å². The van der Waals surface area contributed by atoms with Crippen molar-refractivity contribution in [2.75, 3.05) is 6.54 Å². The van der Waals surface area contributed by atoms with Crippen LogP contribution in [0.15, 0.2) is 47.9 Å². The summed E-state index contributed by atoms with van der Waals surface area (Å²) in [5.41, 5.74) is 2.89. The van der Waals surface area contributed by atoms with Crippen molar-refractivity contribution in [3.8, 4) is 0 Å². The highest BCUT2D eigenvalue weighted by atomic mass is 32.2. The molecule has 0 bridgehead atoms. The number of fused-ring (bicyclic) bond motifs is 1. The van der Waals surface area contributed by atoms with Crippen molar-refractivity contribution >= 4 is 11.8 Å². The maximum atomic E-state index is 4.37. The van der Waals surface area contributed by atoms with Gasteiger partial charge in [0, 0.05) is 23.7 Å². The number of hydrogen-bond acceptors (Lipinski definition) is 4. The smallest absolute Gasteiger partial charge is 0.115 e. The molecule has 0 amide bonds. The average Bonchev–Trinajstić information content (AvgIpc) is 2.79. The van der Waals surface area contributed by atoms with E-state index < -0.39 is 0 Å². The van der Waals surface area contributed by atoms with Crippen molar-refractivity contribution in [2.24, 2.45) is 0 Å². The maximum absolute atomic E-state index is 4.37. The number of rotatable bonds is 4. The molecule has 0 spiro atoms. The van der Waals surface area contributed by atoms with Gasteiger partial charge in [0.05, 0.1) is 6.20 Å². The molecular formula is C15H17N3S. The minimum absolute atomic E-state index is 0.410. The van der Waals surface area contributed by atoms with Gasteiger partial charge in [-0.2, -0.15) is 0 Å². The highest BCUT2D eigenvalue weighted by Gasteiger charge is 2.32. The van der Waals surface area contributed by atoms with E-state index in [9.17, 15) is 0 Å². The Hall–Kier alpha value is -1.39. The SMILES string of the molecule is CCNC1c2ccccc2CC1Sc1cnccn1. The van der Waals surface area contributed by atoms with Crippen molar-refractivity contribution in [1.29, 1.82) is 0 Å². The van der Waals surface area contributed by atoms with Gasteiger partial charge in [0.25, 0.3) is 0 Å². The third-order valence-electron chi connectivity index (χ3n) is 3.42. The van der Waals surface area contributed by atoms with Crippen LogP contribution in [0.1, 0.15) is 24.1 Å². The summed E-state index contributed by atoms with van der Waals surface area (Å²) < 4.78 is 0. The number of aromatic nitrogens is 2. The van der Waals surface area contributed by atoms with Crippen LogP contribution in [0.25, 0.3) is 0 Å². The van der Waals surface area contributed by atoms with Crippen LogP contribution in [0.3, 0.4) is 0 Å². The summed E-state index contributed by atoms with van der Waals surface area (Å²) in [7, 11) is 0. The largest absolute Gasteiger partial charge is 0.309 e. The molecule has 3 nitrogen and oxygen atoms in total. The lowest BCUT2D eigenvalue weighted by Gasteiger charge is -2.20. The molecule has 0 saturated heterocycles. The first kappa shape index (κ1) is 12.6. The van der Waals surface area contributed by atoms with Gasteiger partial charge in [-0.1, -0.05) is 43.0 Å². The molecule has 98 valence electrons. The van der Waals surface area contributed by atoms with E-state index in [0.717, 1.165) is 18.0 Å². The van der Waals surface area contributed by atoms with Gasteiger partial charge in [0.1, 0.15) is 5.03 Å². The summed E-state index contributed by atoms with van der Waals surface area (Å²) in [5.74, 6) is 0. The third-order valence-corrected chi connectivity index (χ3v) is 4.61. The Morgan fingerprint density at radius 3 is 3.00 bits per heavy atom. The zero-order chi connectivity index (χ0) is 13.1. The van der Waals surface area contributed by atoms with Gasteiger partial charge in [-0.15, -0.1) is 0 Å². The van der Waals surface area contributed by atoms with Crippen LogP contribution in [0.4, 0.5) is 0 Å². The molecule has 1 aliphatic rings. The number of nitrogens with zero attached hydrogens (tertiary/aromatic N) is 2. The first-order valence-electron chi connectivity index (χ1n) is 6.62. The summed E-state index contributed by atoms with van der Waals surface area (Å²) in [6.45, 7) is 3.14. The van der Waals surface area contributed by atoms with Gasteiger partial charge in [0.2, 0.25) is 0 Å². The molecule has 2 aromatic rings. The van der Waals surface area contributed by atoms with Crippen LogP contribution < -0.4 is 5.32 Å². The zero-order valence-corrected chi connectivity index (χ0v) is 11.7. The van der Waals surface area contributed by atoms with Crippen LogP contribution >= 0.6 is 11.8 Å². The monoisotopic (exact) mass is 271 g/mol. The van der Waals surface area contributed by atoms with Crippen LogP contribution in [-0.4, -0.2) is 21.8 Å². The summed E-state index contributed by atoms with van der Waals surface area (Å²) in [6, 6.07) is 9.13. The molecule has 2 atom stereocenters. The lowest BCUT2D eigenvalue weighted by Crippen LogP contribution is -2.26. The fourth-order valence-corrected chi connectivity index (χ4v) is 3.83. The topological polar surface area (TPSA) is 37.8 Å². The molecule has 3 rings (SSSR count). The van der Waals surface area contributed by atoms with Crippen molar-refractivity contribution < 1.29 is 0 Å². The van der Waals surface area contributed by atoms with E-state index in [1.165, 1.54) is 11.1 Å². The molecule has 0 saturated carbocycles. The van der Waals surface area contributed by atoms with E-state index >= 15 is 0 Å². The van der Waals surface area contributed by atoms with Gasteiger partial charge < -0.3 is 5.32 Å². The second kappa shape index (κ2) is 5.72. The first-order chi connectivity index (χ1) is 9.38. The summed E-state index contributed by atoms with van der Waals surface area (Å²) in [5, 5.41) is 5.10. The van der Waals surface area contributed by atoms with Crippen molar-refractivity contribution in [3.63, 3.8) is 0 Å². The van der Waals surface area contributed by atoms with E-state index in [-0.39, 0.29) is 0 Å². The Morgan fingerprint density at radius 1 is 1.32 bits per heavy atom. The quantitative estimate of drug-likeness (QED) is 0.928. The van der Waals surface area contributed by atoms with Gasteiger partial charge in [0.15, 0.2) is 0 Å². The molecular weight excluding hydrogens is 254 g/mol. The minimum Gasteiger partial charge on any atom is -0.309 e. The molecule has 0 fully saturated rings. The van der Waals surface area contributed by atoms with Gasteiger partial charge in [-0.25, -0.2) is 4.98 Å². The number of nitrogens with one attached hydrogen (secondary N) is 1. The Balaban J connectivity index is 1.83. The minimum atomic E-state index is 0.410. The summed E-state index contributed by atoms with van der Waals surface area (Å²) in [6.07, 6.45) is 6.41. The molecule has 0 radical (unpaired) electrons. The average molecular weight is 271 g/mol. The number of hydrogen-bond donors (Lipinski definition) is 1. The predicted molar refractivity (Wildman–Crippen MR) is 78.2 cm³/mol. The molecule has 1 aromatic heterocycles. The van der Waals surface area contributed by atoms with Crippen LogP contribution in [0, 0.1) is 0 Å². The fourth-order valence-electron chi connectivity index (χ4n) is 2.63. The number of thioether (sulfide) groups is 1. The molecule has 0 aliphatic heterocycles. The molecule has 1 heterocycles. The van der Waals surface area contributed by atoms with Crippen molar-refractivity contribution in [2.45, 2.75) is 29.7 Å². The van der Waals surface area contributed by atoms with E-state index in [0.29, 0.717) is 11.3 Å². The summed E-state index contributed by atoms with van der Waals surface area (Å²) >= 11 is 1.82. The molecule has 19 heavy (non-hydrogen) atoms. The van der Waals surface area contributed by atoms with Crippen LogP contribution in [-0.2, 0) is 6.42 Å². The molecule has 4 heteroatoms. The second-order valence-corrected chi connectivity index (χ2v) is 5.90.